The number of aromatic carboxylic acids is 1. The minimum atomic E-state index is -1.04. The molecule has 0 bridgehead atoms. The topological polar surface area (TPSA) is 102 Å². The van der Waals surface area contributed by atoms with Crippen molar-refractivity contribution in [1.82, 2.24) is 4.98 Å². The number of nitrogen functional groups attached to an aromatic ring is 1. The summed E-state index contributed by atoms with van der Waals surface area (Å²) in [5.41, 5.74) is 11.5. The molecule has 70 valence electrons. The third-order valence-electron chi connectivity index (χ3n) is 1.68. The maximum absolute atomic E-state index is 10.7. The van der Waals surface area contributed by atoms with Gasteiger partial charge in [-0.15, -0.1) is 0 Å². The van der Waals surface area contributed by atoms with Crippen LogP contribution in [0.2, 0.25) is 0 Å². The van der Waals surface area contributed by atoms with E-state index in [1.54, 1.807) is 6.92 Å². The first-order chi connectivity index (χ1) is 6.02. The summed E-state index contributed by atoms with van der Waals surface area (Å²) in [4.78, 5) is 14.5. The Kier molecular flexibility index (Phi) is 2.48. The lowest BCUT2D eigenvalue weighted by atomic mass is 10.1. The lowest BCUT2D eigenvalue weighted by Crippen LogP contribution is -2.13. The van der Waals surface area contributed by atoms with Gasteiger partial charge < -0.3 is 16.6 Å². The summed E-state index contributed by atoms with van der Waals surface area (Å²) < 4.78 is 0. The SMILES string of the molecule is C[C@@H](N)c1cnc(N)cc1C(=O)O. The zero-order valence-corrected chi connectivity index (χ0v) is 7.19. The molecule has 0 aliphatic heterocycles. The van der Waals surface area contributed by atoms with Crippen molar-refractivity contribution in [3.05, 3.63) is 23.4 Å². The second-order valence-electron chi connectivity index (χ2n) is 2.79. The molecule has 0 spiro atoms. The van der Waals surface area contributed by atoms with Crippen LogP contribution in [0.4, 0.5) is 5.82 Å². The first kappa shape index (κ1) is 9.47. The van der Waals surface area contributed by atoms with E-state index in [0.717, 1.165) is 0 Å². The number of carbonyl (C=O) groups is 1. The minimum absolute atomic E-state index is 0.113. The number of rotatable bonds is 2. The van der Waals surface area contributed by atoms with Gasteiger partial charge in [-0.3, -0.25) is 0 Å². The van der Waals surface area contributed by atoms with Gasteiger partial charge in [0, 0.05) is 17.8 Å². The third kappa shape index (κ3) is 1.94. The van der Waals surface area contributed by atoms with Crippen molar-refractivity contribution >= 4 is 11.8 Å². The molecule has 0 unspecified atom stereocenters. The summed E-state index contributed by atoms with van der Waals surface area (Å²) in [5, 5.41) is 8.80. The highest BCUT2D eigenvalue weighted by Crippen LogP contribution is 2.16. The van der Waals surface area contributed by atoms with E-state index in [0.29, 0.717) is 5.56 Å². The second-order valence-corrected chi connectivity index (χ2v) is 2.79. The monoisotopic (exact) mass is 181 g/mol. The normalized spacial score (nSPS) is 12.5. The molecule has 0 fully saturated rings. The number of anilines is 1. The molecule has 0 saturated carbocycles. The Labute approximate surface area is 75.4 Å². The molecule has 5 heteroatoms. The van der Waals surface area contributed by atoms with E-state index in [2.05, 4.69) is 4.98 Å². The highest BCUT2D eigenvalue weighted by atomic mass is 16.4. The van der Waals surface area contributed by atoms with Gasteiger partial charge in [-0.25, -0.2) is 9.78 Å². The standard InChI is InChI=1S/C8H11N3O2/c1-4(9)6-3-11-7(10)2-5(6)8(12)13/h2-4H,9H2,1H3,(H2,10,11)(H,12,13)/t4-/m1/s1. The van der Waals surface area contributed by atoms with E-state index in [9.17, 15) is 4.79 Å². The molecular weight excluding hydrogens is 170 g/mol. The van der Waals surface area contributed by atoms with E-state index >= 15 is 0 Å². The van der Waals surface area contributed by atoms with E-state index in [1.165, 1.54) is 12.3 Å². The van der Waals surface area contributed by atoms with E-state index in [4.69, 9.17) is 16.6 Å². The molecule has 0 radical (unpaired) electrons. The van der Waals surface area contributed by atoms with Crippen LogP contribution in [0.25, 0.3) is 0 Å². The van der Waals surface area contributed by atoms with Crippen molar-refractivity contribution < 1.29 is 9.90 Å². The van der Waals surface area contributed by atoms with E-state index < -0.39 is 5.97 Å². The predicted molar refractivity (Wildman–Crippen MR) is 48.2 cm³/mol. The molecule has 0 saturated heterocycles. The van der Waals surface area contributed by atoms with Gasteiger partial charge in [0.1, 0.15) is 5.82 Å². The molecule has 1 aromatic rings. The number of aromatic nitrogens is 1. The van der Waals surface area contributed by atoms with Gasteiger partial charge in [0.2, 0.25) is 0 Å². The van der Waals surface area contributed by atoms with Crippen molar-refractivity contribution in [2.75, 3.05) is 5.73 Å². The Balaban J connectivity index is 3.27. The molecule has 1 aromatic heterocycles. The molecule has 0 aliphatic rings. The van der Waals surface area contributed by atoms with Crippen LogP contribution in [0, 0.1) is 0 Å². The van der Waals surface area contributed by atoms with Crippen LogP contribution in [0.3, 0.4) is 0 Å². The molecular formula is C8H11N3O2. The van der Waals surface area contributed by atoms with Crippen LogP contribution >= 0.6 is 0 Å². The van der Waals surface area contributed by atoms with Crippen molar-refractivity contribution in [2.24, 2.45) is 5.73 Å². The number of carboxylic acid groups (broad SMARTS) is 1. The Morgan fingerprint density at radius 1 is 1.69 bits per heavy atom. The fourth-order valence-corrected chi connectivity index (χ4v) is 1.03. The molecule has 1 atom stereocenters. The number of nitrogens with zero attached hydrogens (tertiary/aromatic N) is 1. The van der Waals surface area contributed by atoms with Gasteiger partial charge in [0.05, 0.1) is 5.56 Å². The molecule has 13 heavy (non-hydrogen) atoms. The summed E-state index contributed by atoms with van der Waals surface area (Å²) in [5.74, 6) is -0.858. The Morgan fingerprint density at radius 2 is 2.31 bits per heavy atom. The van der Waals surface area contributed by atoms with Crippen molar-refractivity contribution in [3.8, 4) is 0 Å². The zero-order valence-electron chi connectivity index (χ0n) is 7.19. The third-order valence-corrected chi connectivity index (χ3v) is 1.68. The fraction of sp³-hybridized carbons (Fsp3) is 0.250. The average molecular weight is 181 g/mol. The van der Waals surface area contributed by atoms with Crippen molar-refractivity contribution in [3.63, 3.8) is 0 Å². The molecule has 1 rings (SSSR count). The number of pyridine rings is 1. The summed E-state index contributed by atoms with van der Waals surface area (Å²) in [6, 6.07) is 0.945. The van der Waals surface area contributed by atoms with Gasteiger partial charge in [-0.05, 0) is 13.0 Å². The number of hydrogen-bond donors (Lipinski definition) is 3. The highest BCUT2D eigenvalue weighted by molar-refractivity contribution is 5.90. The summed E-state index contributed by atoms with van der Waals surface area (Å²) in [6.45, 7) is 1.69. The molecule has 0 amide bonds. The Hall–Kier alpha value is -1.62. The lowest BCUT2D eigenvalue weighted by Gasteiger charge is -2.08. The smallest absolute Gasteiger partial charge is 0.336 e. The molecule has 5 nitrogen and oxygen atoms in total. The fourth-order valence-electron chi connectivity index (χ4n) is 1.03. The summed E-state index contributed by atoms with van der Waals surface area (Å²) >= 11 is 0. The van der Waals surface area contributed by atoms with Crippen LogP contribution in [-0.2, 0) is 0 Å². The second kappa shape index (κ2) is 3.40. The lowest BCUT2D eigenvalue weighted by molar-refractivity contribution is 0.0695. The molecule has 1 heterocycles. The van der Waals surface area contributed by atoms with Crippen molar-refractivity contribution in [1.29, 1.82) is 0 Å². The van der Waals surface area contributed by atoms with E-state index in [-0.39, 0.29) is 17.4 Å². The van der Waals surface area contributed by atoms with Crippen LogP contribution in [0.1, 0.15) is 28.9 Å². The first-order valence-electron chi connectivity index (χ1n) is 3.76. The van der Waals surface area contributed by atoms with Gasteiger partial charge >= 0.3 is 5.97 Å². The largest absolute Gasteiger partial charge is 0.478 e. The van der Waals surface area contributed by atoms with E-state index in [1.807, 2.05) is 0 Å². The predicted octanol–water partition coefficient (Wildman–Crippen LogP) is 0.382. The Bertz CT molecular complexity index is 336. The first-order valence-corrected chi connectivity index (χ1v) is 3.76. The summed E-state index contributed by atoms with van der Waals surface area (Å²) in [6.07, 6.45) is 1.39. The quantitative estimate of drug-likeness (QED) is 0.612. The van der Waals surface area contributed by atoms with Gasteiger partial charge in [0.25, 0.3) is 0 Å². The van der Waals surface area contributed by atoms with Crippen LogP contribution in [0.15, 0.2) is 12.3 Å². The number of hydrogen-bond acceptors (Lipinski definition) is 4. The van der Waals surface area contributed by atoms with Gasteiger partial charge in [0.15, 0.2) is 0 Å². The molecule has 0 aromatic carbocycles. The Morgan fingerprint density at radius 3 is 2.77 bits per heavy atom. The van der Waals surface area contributed by atoms with Gasteiger partial charge in [-0.1, -0.05) is 0 Å². The summed E-state index contributed by atoms with van der Waals surface area (Å²) in [7, 11) is 0. The number of nitrogens with two attached hydrogens (primary N) is 2. The molecule has 5 N–H and O–H groups in total. The van der Waals surface area contributed by atoms with Crippen LogP contribution in [-0.4, -0.2) is 16.1 Å². The van der Waals surface area contributed by atoms with Gasteiger partial charge in [-0.2, -0.15) is 0 Å². The zero-order chi connectivity index (χ0) is 10.0. The van der Waals surface area contributed by atoms with Crippen LogP contribution in [0.5, 0.6) is 0 Å². The molecule has 0 aliphatic carbocycles. The average Bonchev–Trinajstić information content (AvgIpc) is 2.03. The maximum atomic E-state index is 10.7. The minimum Gasteiger partial charge on any atom is -0.478 e. The number of carboxylic acids is 1. The maximum Gasteiger partial charge on any atom is 0.336 e. The van der Waals surface area contributed by atoms with Crippen LogP contribution < -0.4 is 11.5 Å². The highest BCUT2D eigenvalue weighted by Gasteiger charge is 2.13. The van der Waals surface area contributed by atoms with Crippen molar-refractivity contribution in [2.45, 2.75) is 13.0 Å².